The minimum atomic E-state index is -4.62. The van der Waals surface area contributed by atoms with Crippen molar-refractivity contribution >= 4 is 56.8 Å². The predicted octanol–water partition coefficient (Wildman–Crippen LogP) is 6.90. The van der Waals surface area contributed by atoms with Gasteiger partial charge in [-0.15, -0.1) is 11.3 Å². The summed E-state index contributed by atoms with van der Waals surface area (Å²) < 4.78 is 45.6. The number of thiazole rings is 1. The van der Waals surface area contributed by atoms with Gasteiger partial charge in [-0.05, 0) is 36.4 Å². The number of ether oxygens (including phenoxy) is 1. The molecule has 0 aliphatic carbocycles. The van der Waals surface area contributed by atoms with Gasteiger partial charge in [0.05, 0.1) is 26.5 Å². The van der Waals surface area contributed by atoms with E-state index in [9.17, 15) is 22.8 Å². The van der Waals surface area contributed by atoms with E-state index in [0.29, 0.717) is 10.6 Å². The van der Waals surface area contributed by atoms with Crippen molar-refractivity contribution in [3.05, 3.63) is 100 Å². The van der Waals surface area contributed by atoms with Gasteiger partial charge in [0.25, 0.3) is 5.91 Å². The Labute approximate surface area is 206 Å². The Bertz CT molecular complexity index is 1370. The maximum Gasteiger partial charge on any atom is 0.416 e. The highest BCUT2D eigenvalue weighted by Gasteiger charge is 2.32. The van der Waals surface area contributed by atoms with Crippen LogP contribution in [-0.4, -0.2) is 16.9 Å². The van der Waals surface area contributed by atoms with Crippen molar-refractivity contribution in [2.75, 3.05) is 5.32 Å². The summed E-state index contributed by atoms with van der Waals surface area (Å²) in [5, 5.41) is 2.81. The average Bonchev–Trinajstić information content (AvgIpc) is 3.25. The Morgan fingerprint density at radius 3 is 2.46 bits per heavy atom. The molecule has 1 amide bonds. The summed E-state index contributed by atoms with van der Waals surface area (Å²) in [7, 11) is 0. The predicted molar refractivity (Wildman–Crippen MR) is 129 cm³/mol. The molecule has 1 aromatic heterocycles. The molecule has 10 heteroatoms. The normalized spacial score (nSPS) is 12.6. The van der Waals surface area contributed by atoms with E-state index in [2.05, 4.69) is 10.3 Å². The van der Waals surface area contributed by atoms with Crippen LogP contribution in [0.1, 0.15) is 22.2 Å². The SMILES string of the molecule is O=C(/C=C/c1nc2ccccc2s1)OC(C(=O)Nc1cc(C(F)(F)F)ccc1Cl)c1ccccc1. The Kier molecular flexibility index (Phi) is 7.18. The lowest BCUT2D eigenvalue weighted by Crippen LogP contribution is -2.25. The lowest BCUT2D eigenvalue weighted by atomic mass is 10.1. The second-order valence-electron chi connectivity index (χ2n) is 7.26. The Balaban J connectivity index is 1.55. The number of hydrogen-bond acceptors (Lipinski definition) is 5. The van der Waals surface area contributed by atoms with E-state index in [-0.39, 0.29) is 10.7 Å². The van der Waals surface area contributed by atoms with Crippen LogP contribution in [-0.2, 0) is 20.5 Å². The first-order valence-electron chi connectivity index (χ1n) is 10.2. The topological polar surface area (TPSA) is 68.3 Å². The van der Waals surface area contributed by atoms with Crippen LogP contribution < -0.4 is 5.32 Å². The van der Waals surface area contributed by atoms with E-state index in [1.54, 1.807) is 30.3 Å². The maximum atomic E-state index is 13.1. The number of rotatable bonds is 6. The second kappa shape index (κ2) is 10.3. The quantitative estimate of drug-likeness (QED) is 0.223. The van der Waals surface area contributed by atoms with E-state index in [0.717, 1.165) is 34.5 Å². The van der Waals surface area contributed by atoms with Gasteiger partial charge < -0.3 is 10.1 Å². The highest BCUT2D eigenvalue weighted by atomic mass is 35.5. The Hall–Kier alpha value is -3.69. The van der Waals surface area contributed by atoms with Crippen LogP contribution in [0, 0.1) is 0 Å². The van der Waals surface area contributed by atoms with Crippen LogP contribution in [0.2, 0.25) is 5.02 Å². The van der Waals surface area contributed by atoms with Crippen molar-refractivity contribution in [2.24, 2.45) is 0 Å². The number of carbonyl (C=O) groups is 2. The molecule has 1 heterocycles. The summed E-state index contributed by atoms with van der Waals surface area (Å²) in [5.41, 5.74) is -0.127. The largest absolute Gasteiger partial charge is 0.444 e. The zero-order valence-corrected chi connectivity index (χ0v) is 19.3. The number of benzene rings is 3. The minimum absolute atomic E-state index is 0.0970. The number of alkyl halides is 3. The average molecular weight is 517 g/mol. The third kappa shape index (κ3) is 6.06. The van der Waals surface area contributed by atoms with Gasteiger partial charge in [-0.3, -0.25) is 4.79 Å². The van der Waals surface area contributed by atoms with Gasteiger partial charge in [0, 0.05) is 11.6 Å². The van der Waals surface area contributed by atoms with Crippen LogP contribution >= 0.6 is 22.9 Å². The highest BCUT2D eigenvalue weighted by molar-refractivity contribution is 7.19. The van der Waals surface area contributed by atoms with Crippen molar-refractivity contribution in [1.82, 2.24) is 4.98 Å². The van der Waals surface area contributed by atoms with Crippen molar-refractivity contribution in [3.8, 4) is 0 Å². The number of fused-ring (bicyclic) bond motifs is 1. The maximum absolute atomic E-state index is 13.1. The molecule has 0 saturated heterocycles. The molecule has 35 heavy (non-hydrogen) atoms. The van der Waals surface area contributed by atoms with Gasteiger partial charge in [-0.1, -0.05) is 54.1 Å². The fourth-order valence-electron chi connectivity index (χ4n) is 3.15. The van der Waals surface area contributed by atoms with Gasteiger partial charge in [-0.2, -0.15) is 13.2 Å². The van der Waals surface area contributed by atoms with Crippen LogP contribution in [0.3, 0.4) is 0 Å². The molecule has 0 radical (unpaired) electrons. The third-order valence-corrected chi connectivity index (χ3v) is 6.13. The van der Waals surface area contributed by atoms with E-state index >= 15 is 0 Å². The molecule has 0 saturated carbocycles. The monoisotopic (exact) mass is 516 g/mol. The molecule has 1 unspecified atom stereocenters. The molecule has 1 N–H and O–H groups in total. The first-order valence-corrected chi connectivity index (χ1v) is 11.4. The molecule has 0 aliphatic rings. The molecule has 0 bridgehead atoms. The number of nitrogens with one attached hydrogen (secondary N) is 1. The number of esters is 1. The van der Waals surface area contributed by atoms with Crippen LogP contribution in [0.25, 0.3) is 16.3 Å². The Morgan fingerprint density at radius 2 is 1.74 bits per heavy atom. The van der Waals surface area contributed by atoms with E-state index in [1.807, 2.05) is 24.3 Å². The number of anilines is 1. The number of halogens is 4. The number of nitrogens with zero attached hydrogens (tertiary/aromatic N) is 1. The van der Waals surface area contributed by atoms with Crippen molar-refractivity contribution in [3.63, 3.8) is 0 Å². The highest BCUT2D eigenvalue weighted by Crippen LogP contribution is 2.34. The summed E-state index contributed by atoms with van der Waals surface area (Å²) >= 11 is 7.37. The molecular formula is C25H16ClF3N2O3S. The van der Waals surface area contributed by atoms with Crippen molar-refractivity contribution in [2.45, 2.75) is 12.3 Å². The number of carbonyl (C=O) groups excluding carboxylic acids is 2. The molecule has 0 spiro atoms. The fraction of sp³-hybridized carbons (Fsp3) is 0.0800. The van der Waals surface area contributed by atoms with Crippen LogP contribution in [0.5, 0.6) is 0 Å². The van der Waals surface area contributed by atoms with Crippen LogP contribution in [0.15, 0.2) is 78.9 Å². The molecule has 178 valence electrons. The van der Waals surface area contributed by atoms with Crippen molar-refractivity contribution in [1.29, 1.82) is 0 Å². The minimum Gasteiger partial charge on any atom is -0.444 e. The van der Waals surface area contributed by atoms with E-state index in [4.69, 9.17) is 16.3 Å². The van der Waals surface area contributed by atoms with E-state index < -0.39 is 29.7 Å². The summed E-state index contributed by atoms with van der Waals surface area (Å²) in [6.07, 6.45) is -3.45. The summed E-state index contributed by atoms with van der Waals surface area (Å²) in [6, 6.07) is 18.1. The first kappa shape index (κ1) is 24.4. The number of hydrogen-bond donors (Lipinski definition) is 1. The number of para-hydroxylation sites is 1. The molecule has 4 rings (SSSR count). The van der Waals surface area contributed by atoms with Crippen LogP contribution in [0.4, 0.5) is 18.9 Å². The van der Waals surface area contributed by atoms with Gasteiger partial charge in [-0.25, -0.2) is 9.78 Å². The molecule has 0 aliphatic heterocycles. The standard InChI is InChI=1S/C25H16ClF3N2O3S/c26-17-11-10-16(25(27,28)29)14-19(17)31-24(33)23(15-6-2-1-3-7-15)34-22(32)13-12-21-30-18-8-4-5-9-20(18)35-21/h1-14,23H,(H,31,33)/b13-12+. The van der Waals surface area contributed by atoms with Gasteiger partial charge in [0.2, 0.25) is 6.10 Å². The molecule has 5 nitrogen and oxygen atoms in total. The third-order valence-electron chi connectivity index (χ3n) is 4.80. The Morgan fingerprint density at radius 1 is 1.03 bits per heavy atom. The number of aromatic nitrogens is 1. The lowest BCUT2D eigenvalue weighted by Gasteiger charge is -2.18. The summed E-state index contributed by atoms with van der Waals surface area (Å²) in [6.45, 7) is 0. The zero-order chi connectivity index (χ0) is 25.0. The number of amides is 1. The zero-order valence-electron chi connectivity index (χ0n) is 17.8. The second-order valence-corrected chi connectivity index (χ2v) is 8.73. The first-order chi connectivity index (χ1) is 16.7. The van der Waals surface area contributed by atoms with Crippen molar-refractivity contribution < 1.29 is 27.5 Å². The summed E-state index contributed by atoms with van der Waals surface area (Å²) in [4.78, 5) is 29.9. The lowest BCUT2D eigenvalue weighted by molar-refractivity contribution is -0.149. The molecular weight excluding hydrogens is 501 g/mol. The van der Waals surface area contributed by atoms with Gasteiger partial charge in [0.1, 0.15) is 5.01 Å². The van der Waals surface area contributed by atoms with Gasteiger partial charge >= 0.3 is 12.1 Å². The molecule has 3 aromatic carbocycles. The molecule has 4 aromatic rings. The molecule has 1 atom stereocenters. The fourth-order valence-corrected chi connectivity index (χ4v) is 4.19. The summed E-state index contributed by atoms with van der Waals surface area (Å²) in [5.74, 6) is -1.69. The smallest absolute Gasteiger partial charge is 0.416 e. The van der Waals surface area contributed by atoms with E-state index in [1.165, 1.54) is 17.4 Å². The van der Waals surface area contributed by atoms with Gasteiger partial charge in [0.15, 0.2) is 0 Å². The molecule has 0 fully saturated rings.